The molecule has 0 bridgehead atoms. The first-order valence-electron chi connectivity index (χ1n) is 3.40. The second-order valence-electron chi connectivity index (χ2n) is 2.29. The van der Waals surface area contributed by atoms with Gasteiger partial charge in [0, 0.05) is 10.0 Å². The van der Waals surface area contributed by atoms with Crippen molar-refractivity contribution in [3.63, 3.8) is 0 Å². The summed E-state index contributed by atoms with van der Waals surface area (Å²) in [7, 11) is 0. The molecular formula is C8H5BrN3. The Morgan fingerprint density at radius 3 is 3.00 bits per heavy atom. The highest BCUT2D eigenvalue weighted by Crippen LogP contribution is 2.18. The SMILES string of the molecule is Brc1cccc(-c2n[c]n[nH]2)c1. The third-order valence-electron chi connectivity index (χ3n) is 1.47. The lowest BCUT2D eigenvalue weighted by atomic mass is 10.2. The minimum atomic E-state index is 0.733. The zero-order valence-electron chi connectivity index (χ0n) is 6.08. The van der Waals surface area contributed by atoms with Gasteiger partial charge in [0.05, 0.1) is 0 Å². The average molecular weight is 223 g/mol. The molecule has 1 radical (unpaired) electrons. The fourth-order valence-corrected chi connectivity index (χ4v) is 1.34. The molecule has 0 aliphatic heterocycles. The number of halogens is 1. The molecule has 1 N–H and O–H groups in total. The van der Waals surface area contributed by atoms with Gasteiger partial charge in [0.2, 0.25) is 6.33 Å². The van der Waals surface area contributed by atoms with Gasteiger partial charge in [-0.2, -0.15) is 0 Å². The van der Waals surface area contributed by atoms with Crippen molar-refractivity contribution < 1.29 is 0 Å². The van der Waals surface area contributed by atoms with Gasteiger partial charge >= 0.3 is 0 Å². The highest BCUT2D eigenvalue weighted by atomic mass is 79.9. The molecule has 59 valence electrons. The van der Waals surface area contributed by atoms with Crippen molar-refractivity contribution in [2.75, 3.05) is 0 Å². The second kappa shape index (κ2) is 3.06. The van der Waals surface area contributed by atoms with Crippen molar-refractivity contribution in [1.82, 2.24) is 15.2 Å². The van der Waals surface area contributed by atoms with Gasteiger partial charge < -0.3 is 0 Å². The molecule has 0 unspecified atom stereocenters. The van der Waals surface area contributed by atoms with E-state index in [0.717, 1.165) is 15.9 Å². The van der Waals surface area contributed by atoms with Crippen molar-refractivity contribution >= 4 is 15.9 Å². The van der Waals surface area contributed by atoms with Crippen LogP contribution >= 0.6 is 15.9 Å². The predicted octanol–water partition coefficient (Wildman–Crippen LogP) is 2.03. The van der Waals surface area contributed by atoms with Gasteiger partial charge in [-0.05, 0) is 12.1 Å². The molecule has 3 nitrogen and oxygen atoms in total. The Morgan fingerprint density at radius 1 is 1.42 bits per heavy atom. The Bertz CT molecular complexity index is 370. The monoisotopic (exact) mass is 222 g/mol. The minimum absolute atomic E-state index is 0.733. The molecule has 0 aliphatic carbocycles. The van der Waals surface area contributed by atoms with Gasteiger partial charge in [-0.3, -0.25) is 5.10 Å². The number of rotatable bonds is 1. The van der Waals surface area contributed by atoms with E-state index in [1.54, 1.807) is 0 Å². The van der Waals surface area contributed by atoms with Crippen LogP contribution in [0.5, 0.6) is 0 Å². The fourth-order valence-electron chi connectivity index (χ4n) is 0.943. The molecule has 0 amide bonds. The molecule has 0 saturated heterocycles. The summed E-state index contributed by atoms with van der Waals surface area (Å²) in [6.45, 7) is 0. The summed E-state index contributed by atoms with van der Waals surface area (Å²) in [5.74, 6) is 0.733. The van der Waals surface area contributed by atoms with Gasteiger partial charge in [-0.1, -0.05) is 28.1 Å². The highest BCUT2D eigenvalue weighted by Gasteiger charge is 1.99. The van der Waals surface area contributed by atoms with E-state index in [9.17, 15) is 0 Å². The number of hydrogen-bond acceptors (Lipinski definition) is 2. The summed E-state index contributed by atoms with van der Waals surface area (Å²) in [5.41, 5.74) is 0.998. The smallest absolute Gasteiger partial charge is 0.221 e. The molecule has 2 rings (SSSR count). The summed E-state index contributed by atoms with van der Waals surface area (Å²) in [4.78, 5) is 3.92. The Kier molecular flexibility index (Phi) is 1.91. The summed E-state index contributed by atoms with van der Waals surface area (Å²) >= 11 is 3.38. The first kappa shape index (κ1) is 7.49. The topological polar surface area (TPSA) is 41.6 Å². The number of nitrogens with one attached hydrogen (secondary N) is 1. The van der Waals surface area contributed by atoms with Crippen LogP contribution in [0.2, 0.25) is 0 Å². The summed E-state index contributed by atoms with van der Waals surface area (Å²) in [5, 5.41) is 6.39. The Morgan fingerprint density at radius 2 is 2.33 bits per heavy atom. The van der Waals surface area contributed by atoms with Gasteiger partial charge in [0.25, 0.3) is 0 Å². The van der Waals surface area contributed by atoms with Crippen LogP contribution in [-0.2, 0) is 0 Å². The van der Waals surface area contributed by atoms with Crippen LogP contribution in [0.1, 0.15) is 0 Å². The Hall–Kier alpha value is -1.16. The van der Waals surface area contributed by atoms with Gasteiger partial charge in [-0.15, -0.1) is 5.10 Å². The molecule has 1 aromatic carbocycles. The van der Waals surface area contributed by atoms with Crippen LogP contribution in [0.4, 0.5) is 0 Å². The van der Waals surface area contributed by atoms with E-state index in [1.165, 1.54) is 0 Å². The average Bonchev–Trinajstić information content (AvgIpc) is 2.56. The molecule has 1 aromatic heterocycles. The second-order valence-corrected chi connectivity index (χ2v) is 3.21. The maximum Gasteiger partial charge on any atom is 0.221 e. The van der Waals surface area contributed by atoms with Crippen molar-refractivity contribution in [3.8, 4) is 11.4 Å². The predicted molar refractivity (Wildman–Crippen MR) is 48.4 cm³/mol. The molecule has 0 aliphatic rings. The number of nitrogens with zero attached hydrogens (tertiary/aromatic N) is 2. The minimum Gasteiger partial charge on any atom is -0.259 e. The van der Waals surface area contributed by atoms with Crippen LogP contribution in [-0.4, -0.2) is 15.2 Å². The number of benzene rings is 1. The van der Waals surface area contributed by atoms with Crippen molar-refractivity contribution in [1.29, 1.82) is 0 Å². The van der Waals surface area contributed by atoms with Crippen molar-refractivity contribution in [3.05, 3.63) is 35.1 Å². The maximum atomic E-state index is 3.92. The third kappa shape index (κ3) is 1.38. The Balaban J connectivity index is 2.48. The van der Waals surface area contributed by atoms with Crippen molar-refractivity contribution in [2.24, 2.45) is 0 Å². The highest BCUT2D eigenvalue weighted by molar-refractivity contribution is 9.10. The van der Waals surface area contributed by atoms with Gasteiger partial charge in [-0.25, -0.2) is 4.98 Å². The summed E-state index contributed by atoms with van der Waals surface area (Å²) in [6, 6.07) is 7.83. The lowest BCUT2D eigenvalue weighted by Gasteiger charge is -1.95. The van der Waals surface area contributed by atoms with Gasteiger partial charge in [0.1, 0.15) is 0 Å². The number of H-pyrrole nitrogens is 1. The fraction of sp³-hybridized carbons (Fsp3) is 0. The molecule has 0 spiro atoms. The van der Waals surface area contributed by atoms with E-state index >= 15 is 0 Å². The molecule has 2 aromatic rings. The third-order valence-corrected chi connectivity index (χ3v) is 1.96. The van der Waals surface area contributed by atoms with E-state index in [-0.39, 0.29) is 0 Å². The summed E-state index contributed by atoms with van der Waals surface area (Å²) < 4.78 is 1.02. The van der Waals surface area contributed by atoms with Crippen LogP contribution in [0.15, 0.2) is 28.7 Å². The molecule has 0 fully saturated rings. The zero-order chi connectivity index (χ0) is 8.39. The van der Waals surface area contributed by atoms with Crippen LogP contribution in [0.25, 0.3) is 11.4 Å². The van der Waals surface area contributed by atoms with Crippen LogP contribution in [0.3, 0.4) is 0 Å². The maximum absolute atomic E-state index is 3.92. The van der Waals surface area contributed by atoms with E-state index in [4.69, 9.17) is 0 Å². The number of aromatic amines is 1. The van der Waals surface area contributed by atoms with E-state index in [0.29, 0.717) is 0 Å². The lowest BCUT2D eigenvalue weighted by molar-refractivity contribution is 1.09. The Labute approximate surface area is 78.0 Å². The molecule has 0 saturated carbocycles. The largest absolute Gasteiger partial charge is 0.259 e. The van der Waals surface area contributed by atoms with E-state index in [2.05, 4.69) is 37.4 Å². The molecule has 12 heavy (non-hydrogen) atoms. The van der Waals surface area contributed by atoms with Gasteiger partial charge in [0.15, 0.2) is 5.82 Å². The van der Waals surface area contributed by atoms with Crippen LogP contribution < -0.4 is 0 Å². The van der Waals surface area contributed by atoms with Crippen LogP contribution in [0, 0.1) is 6.33 Å². The van der Waals surface area contributed by atoms with E-state index < -0.39 is 0 Å². The first-order chi connectivity index (χ1) is 5.86. The number of aromatic nitrogens is 3. The quantitative estimate of drug-likeness (QED) is 0.803. The van der Waals surface area contributed by atoms with E-state index in [1.807, 2.05) is 24.3 Å². The zero-order valence-corrected chi connectivity index (χ0v) is 7.67. The first-order valence-corrected chi connectivity index (χ1v) is 4.20. The van der Waals surface area contributed by atoms with Crippen molar-refractivity contribution in [2.45, 2.75) is 0 Å². The standard InChI is InChI=1S/C8H5BrN3/c9-7-3-1-2-6(4-7)8-10-5-11-12-8/h1-4H,(H,10,11,12). The lowest BCUT2D eigenvalue weighted by Crippen LogP contribution is -1.79. The molecular weight excluding hydrogens is 218 g/mol. The summed E-state index contributed by atoms with van der Waals surface area (Å²) in [6.07, 6.45) is 2.48. The molecule has 0 atom stereocenters. The molecule has 4 heteroatoms. The number of hydrogen-bond donors (Lipinski definition) is 1. The molecule has 1 heterocycles. The normalized spacial score (nSPS) is 10.1.